The summed E-state index contributed by atoms with van der Waals surface area (Å²) in [6.07, 6.45) is 0. The van der Waals surface area contributed by atoms with Crippen LogP contribution in [0.4, 0.5) is 11.6 Å². The highest BCUT2D eigenvalue weighted by Gasteiger charge is 2.17. The van der Waals surface area contributed by atoms with E-state index in [4.69, 9.17) is 5.73 Å². The molecule has 0 aliphatic heterocycles. The number of hydrogen-bond acceptors (Lipinski definition) is 6. The average molecular weight is 294 g/mol. The molecule has 8 heteroatoms. The molecule has 0 spiro atoms. The summed E-state index contributed by atoms with van der Waals surface area (Å²) in [5.41, 5.74) is 6.58. The van der Waals surface area contributed by atoms with Crippen molar-refractivity contribution >= 4 is 21.7 Å². The third kappa shape index (κ3) is 2.80. The fourth-order valence-corrected chi connectivity index (χ4v) is 2.53. The summed E-state index contributed by atoms with van der Waals surface area (Å²) in [5, 5.41) is 9.56. The standard InChI is InChI=1S/C12H14N4O3S/c1-7-11(17)8(2)15-12(14-7)16-20(18,19)10-5-3-9(13)4-6-10/h3-6,17H,13H2,1-2H3,(H,14,15,16). The van der Waals surface area contributed by atoms with Crippen LogP contribution in [0.1, 0.15) is 11.4 Å². The lowest BCUT2D eigenvalue weighted by atomic mass is 10.3. The molecule has 106 valence electrons. The number of benzene rings is 1. The lowest BCUT2D eigenvalue weighted by molar-refractivity contribution is 0.459. The summed E-state index contributed by atoms with van der Waals surface area (Å²) in [6, 6.07) is 5.75. The van der Waals surface area contributed by atoms with Crippen LogP contribution < -0.4 is 10.5 Å². The van der Waals surface area contributed by atoms with Crippen molar-refractivity contribution in [3.63, 3.8) is 0 Å². The second-order valence-electron chi connectivity index (χ2n) is 4.24. The fraction of sp³-hybridized carbons (Fsp3) is 0.167. The average Bonchev–Trinajstić information content (AvgIpc) is 2.36. The van der Waals surface area contributed by atoms with E-state index in [1.54, 1.807) is 13.8 Å². The molecule has 0 saturated carbocycles. The van der Waals surface area contributed by atoms with Crippen molar-refractivity contribution in [2.45, 2.75) is 18.7 Å². The molecule has 2 aromatic rings. The highest BCUT2D eigenvalue weighted by molar-refractivity contribution is 7.92. The number of aromatic nitrogens is 2. The number of nitrogens with zero attached hydrogens (tertiary/aromatic N) is 2. The largest absolute Gasteiger partial charge is 0.504 e. The number of nitrogens with two attached hydrogens (primary N) is 1. The van der Waals surface area contributed by atoms with Gasteiger partial charge in [-0.15, -0.1) is 0 Å². The van der Waals surface area contributed by atoms with Crippen LogP contribution >= 0.6 is 0 Å². The van der Waals surface area contributed by atoms with Crippen molar-refractivity contribution < 1.29 is 13.5 Å². The molecule has 0 atom stereocenters. The molecule has 20 heavy (non-hydrogen) atoms. The van der Waals surface area contributed by atoms with Gasteiger partial charge in [0.05, 0.1) is 16.3 Å². The Morgan fingerprint density at radius 2 is 1.60 bits per heavy atom. The molecule has 2 rings (SSSR count). The third-order valence-corrected chi connectivity index (χ3v) is 3.99. The second-order valence-corrected chi connectivity index (χ2v) is 5.92. The predicted octanol–water partition coefficient (Wildman–Crippen LogP) is 1.18. The zero-order valence-corrected chi connectivity index (χ0v) is 11.8. The minimum Gasteiger partial charge on any atom is -0.504 e. The van der Waals surface area contributed by atoms with Crippen molar-refractivity contribution in [3.05, 3.63) is 35.7 Å². The van der Waals surface area contributed by atoms with Gasteiger partial charge in [-0.2, -0.15) is 0 Å². The molecule has 1 aromatic heterocycles. The fourth-order valence-electron chi connectivity index (χ4n) is 1.58. The van der Waals surface area contributed by atoms with Gasteiger partial charge in [0.2, 0.25) is 5.95 Å². The maximum atomic E-state index is 12.1. The Morgan fingerprint density at radius 1 is 1.10 bits per heavy atom. The van der Waals surface area contributed by atoms with Gasteiger partial charge in [0.15, 0.2) is 5.75 Å². The normalized spacial score (nSPS) is 11.3. The van der Waals surface area contributed by atoms with E-state index in [0.717, 1.165) is 0 Å². The van der Waals surface area contributed by atoms with E-state index >= 15 is 0 Å². The summed E-state index contributed by atoms with van der Waals surface area (Å²) in [5.74, 6) is -0.143. The summed E-state index contributed by atoms with van der Waals surface area (Å²) in [7, 11) is -3.79. The van der Waals surface area contributed by atoms with Crippen molar-refractivity contribution in [3.8, 4) is 5.75 Å². The van der Waals surface area contributed by atoms with Crippen LogP contribution in [-0.2, 0) is 10.0 Å². The van der Waals surface area contributed by atoms with Gasteiger partial charge in [-0.05, 0) is 38.1 Å². The minimum atomic E-state index is -3.79. The van der Waals surface area contributed by atoms with E-state index in [9.17, 15) is 13.5 Å². The molecule has 0 saturated heterocycles. The molecule has 0 radical (unpaired) electrons. The van der Waals surface area contributed by atoms with E-state index in [1.807, 2.05) is 0 Å². The molecular formula is C12H14N4O3S. The van der Waals surface area contributed by atoms with Crippen molar-refractivity contribution in [1.29, 1.82) is 0 Å². The summed E-state index contributed by atoms with van der Waals surface area (Å²) in [6.45, 7) is 3.12. The first-order valence-corrected chi connectivity index (χ1v) is 7.20. The van der Waals surface area contributed by atoms with E-state index in [0.29, 0.717) is 17.1 Å². The Bertz CT molecular complexity index is 719. The summed E-state index contributed by atoms with van der Waals surface area (Å²) >= 11 is 0. The van der Waals surface area contributed by atoms with Gasteiger partial charge < -0.3 is 10.8 Å². The first-order valence-electron chi connectivity index (χ1n) is 5.72. The van der Waals surface area contributed by atoms with Crippen LogP contribution in [0.25, 0.3) is 0 Å². The first kappa shape index (κ1) is 14.1. The SMILES string of the molecule is Cc1nc(NS(=O)(=O)c2ccc(N)cc2)nc(C)c1O. The van der Waals surface area contributed by atoms with Crippen LogP contribution in [-0.4, -0.2) is 23.5 Å². The van der Waals surface area contributed by atoms with Gasteiger partial charge in [0.1, 0.15) is 0 Å². The van der Waals surface area contributed by atoms with Crippen LogP contribution in [0.15, 0.2) is 29.2 Å². The van der Waals surface area contributed by atoms with Gasteiger partial charge in [-0.3, -0.25) is 0 Å². The topological polar surface area (TPSA) is 118 Å². The first-order chi connectivity index (χ1) is 9.29. The van der Waals surface area contributed by atoms with E-state index < -0.39 is 10.0 Å². The Hall–Kier alpha value is -2.35. The van der Waals surface area contributed by atoms with Gasteiger partial charge in [0.25, 0.3) is 10.0 Å². The molecule has 0 amide bonds. The molecule has 4 N–H and O–H groups in total. The van der Waals surface area contributed by atoms with Crippen molar-refractivity contribution in [2.75, 3.05) is 10.5 Å². The number of rotatable bonds is 3. The van der Waals surface area contributed by atoms with Gasteiger partial charge in [-0.25, -0.2) is 23.1 Å². The number of aromatic hydroxyl groups is 1. The number of aryl methyl sites for hydroxylation is 2. The minimum absolute atomic E-state index is 0.0543. The molecule has 7 nitrogen and oxygen atoms in total. The Labute approximate surface area is 116 Å². The third-order valence-electron chi connectivity index (χ3n) is 2.65. The van der Waals surface area contributed by atoms with E-state index in [2.05, 4.69) is 14.7 Å². The Balaban J connectivity index is 2.36. The van der Waals surface area contributed by atoms with Crippen LogP contribution in [0, 0.1) is 13.8 Å². The zero-order valence-electron chi connectivity index (χ0n) is 11.0. The Morgan fingerprint density at radius 3 is 2.10 bits per heavy atom. The lowest BCUT2D eigenvalue weighted by Crippen LogP contribution is -2.15. The molecular weight excluding hydrogens is 280 g/mol. The highest BCUT2D eigenvalue weighted by Crippen LogP contribution is 2.21. The van der Waals surface area contributed by atoms with E-state index in [-0.39, 0.29) is 16.6 Å². The maximum absolute atomic E-state index is 12.1. The monoisotopic (exact) mass is 294 g/mol. The number of nitrogen functional groups attached to an aromatic ring is 1. The molecule has 1 aromatic carbocycles. The Kier molecular flexibility index (Phi) is 3.49. The number of sulfonamides is 1. The van der Waals surface area contributed by atoms with Gasteiger partial charge >= 0.3 is 0 Å². The van der Waals surface area contributed by atoms with Gasteiger partial charge in [0, 0.05) is 5.69 Å². The van der Waals surface area contributed by atoms with Crippen molar-refractivity contribution in [1.82, 2.24) is 9.97 Å². The maximum Gasteiger partial charge on any atom is 0.264 e. The van der Waals surface area contributed by atoms with E-state index in [1.165, 1.54) is 24.3 Å². The summed E-state index contributed by atoms with van der Waals surface area (Å²) in [4.78, 5) is 7.83. The van der Waals surface area contributed by atoms with Crippen LogP contribution in [0.2, 0.25) is 0 Å². The molecule has 0 bridgehead atoms. The molecule has 0 aliphatic rings. The quantitative estimate of drug-likeness (QED) is 0.731. The van der Waals surface area contributed by atoms with Crippen LogP contribution in [0.3, 0.4) is 0 Å². The molecule has 0 unspecified atom stereocenters. The van der Waals surface area contributed by atoms with Gasteiger partial charge in [-0.1, -0.05) is 0 Å². The zero-order chi connectivity index (χ0) is 14.9. The molecule has 1 heterocycles. The predicted molar refractivity (Wildman–Crippen MR) is 74.8 cm³/mol. The lowest BCUT2D eigenvalue weighted by Gasteiger charge is -2.09. The summed E-state index contributed by atoms with van der Waals surface area (Å²) < 4.78 is 26.5. The molecule has 0 aliphatic carbocycles. The second kappa shape index (κ2) is 4.97. The highest BCUT2D eigenvalue weighted by atomic mass is 32.2. The molecule has 0 fully saturated rings. The van der Waals surface area contributed by atoms with Crippen molar-refractivity contribution in [2.24, 2.45) is 0 Å². The smallest absolute Gasteiger partial charge is 0.264 e. The van der Waals surface area contributed by atoms with Crippen LogP contribution in [0.5, 0.6) is 5.75 Å². The number of nitrogens with one attached hydrogen (secondary N) is 1. The number of anilines is 2. The number of hydrogen-bond donors (Lipinski definition) is 3.